The van der Waals surface area contributed by atoms with Gasteiger partial charge in [0.25, 0.3) is 0 Å². The molecule has 3 fully saturated rings. The SMILES string of the molecule is CC[Si](CC)(CC)O[C@@H]1CO[Si](C(C)(C)C)(C(C)(C)C)O[C@H]1C[C@@]1(S(=O)(=O)c2ccccc2)O[C@@H]1C[C@H]1OCCC[C@@H]1O[Si](C)(C)C(C)(C)C. The van der Waals surface area contributed by atoms with Gasteiger partial charge in [-0.05, 0) is 61.2 Å². The molecule has 0 aromatic heterocycles. The van der Waals surface area contributed by atoms with Gasteiger partial charge < -0.3 is 27.2 Å². The van der Waals surface area contributed by atoms with E-state index in [0.717, 1.165) is 31.0 Å². The van der Waals surface area contributed by atoms with Gasteiger partial charge in [0.15, 0.2) is 16.6 Å². The number of rotatable bonds is 13. The number of hydrogen-bond donors (Lipinski definition) is 0. The quantitative estimate of drug-likeness (QED) is 0.145. The normalized spacial score (nSPS) is 29.9. The van der Waals surface area contributed by atoms with Crippen molar-refractivity contribution in [3.05, 3.63) is 30.3 Å². The Morgan fingerprint density at radius 2 is 1.44 bits per heavy atom. The van der Waals surface area contributed by atoms with Crippen LogP contribution in [0, 0.1) is 0 Å². The number of hydrogen-bond acceptors (Lipinski definition) is 8. The second-order valence-corrected chi connectivity index (χ2v) is 35.0. The van der Waals surface area contributed by atoms with Crippen LogP contribution in [0.2, 0.25) is 46.3 Å². The van der Waals surface area contributed by atoms with E-state index in [4.69, 9.17) is 27.2 Å². The molecule has 1 aromatic rings. The summed E-state index contributed by atoms with van der Waals surface area (Å²) in [7, 11) is -11.2. The Morgan fingerprint density at radius 3 is 1.96 bits per heavy atom. The van der Waals surface area contributed by atoms with Crippen LogP contribution in [-0.4, -0.2) is 82.3 Å². The summed E-state index contributed by atoms with van der Waals surface area (Å²) < 4.78 is 71.3. The Balaban J connectivity index is 1.77. The van der Waals surface area contributed by atoms with Gasteiger partial charge in [0, 0.05) is 29.5 Å². The number of sulfone groups is 1. The molecule has 0 saturated carbocycles. The molecule has 12 heteroatoms. The van der Waals surface area contributed by atoms with Gasteiger partial charge in [0.05, 0.1) is 35.9 Å². The predicted molar refractivity (Wildman–Crippen MR) is 210 cm³/mol. The highest BCUT2D eigenvalue weighted by Gasteiger charge is 2.70. The Bertz CT molecular complexity index is 1360. The molecule has 4 rings (SSSR count). The van der Waals surface area contributed by atoms with Crippen molar-refractivity contribution in [3.63, 3.8) is 0 Å². The highest BCUT2D eigenvalue weighted by atomic mass is 32.2. The molecule has 0 spiro atoms. The summed E-state index contributed by atoms with van der Waals surface area (Å²) in [5.74, 6) is 0. The zero-order valence-electron chi connectivity index (χ0n) is 33.8. The Hall–Kier alpha value is -0.419. The molecule has 288 valence electrons. The molecule has 0 unspecified atom stereocenters. The lowest BCUT2D eigenvalue weighted by Gasteiger charge is -2.55. The Labute approximate surface area is 308 Å². The summed E-state index contributed by atoms with van der Waals surface area (Å²) in [5.41, 5.74) is 0. The molecule has 0 N–H and O–H groups in total. The zero-order valence-corrected chi connectivity index (χ0v) is 37.6. The van der Waals surface area contributed by atoms with E-state index >= 15 is 0 Å². The first-order valence-electron chi connectivity index (χ1n) is 19.2. The van der Waals surface area contributed by atoms with Crippen LogP contribution >= 0.6 is 0 Å². The smallest absolute Gasteiger partial charge is 0.349 e. The minimum Gasteiger partial charge on any atom is -0.411 e. The fourth-order valence-electron chi connectivity index (χ4n) is 8.12. The Morgan fingerprint density at radius 1 is 0.860 bits per heavy atom. The lowest BCUT2D eigenvalue weighted by Crippen LogP contribution is -2.66. The summed E-state index contributed by atoms with van der Waals surface area (Å²) in [6.45, 7) is 32.1. The largest absolute Gasteiger partial charge is 0.411 e. The molecule has 3 aliphatic heterocycles. The van der Waals surface area contributed by atoms with E-state index in [-0.39, 0.29) is 44.7 Å². The van der Waals surface area contributed by atoms with E-state index in [2.05, 4.69) is 96.2 Å². The third-order valence-electron chi connectivity index (χ3n) is 12.3. The van der Waals surface area contributed by atoms with Crippen LogP contribution in [0.1, 0.15) is 109 Å². The van der Waals surface area contributed by atoms with Crippen molar-refractivity contribution >= 4 is 35.0 Å². The topological polar surface area (TPSA) is 92.8 Å². The van der Waals surface area contributed by atoms with Crippen LogP contribution in [0.4, 0.5) is 0 Å². The maximum absolute atomic E-state index is 14.9. The molecule has 0 amide bonds. The van der Waals surface area contributed by atoms with Gasteiger partial charge in [0.1, 0.15) is 6.10 Å². The molecule has 0 radical (unpaired) electrons. The Kier molecular flexibility index (Phi) is 12.7. The van der Waals surface area contributed by atoms with Crippen molar-refractivity contribution in [3.8, 4) is 0 Å². The zero-order chi connectivity index (χ0) is 37.6. The van der Waals surface area contributed by atoms with Gasteiger partial charge >= 0.3 is 8.56 Å². The minimum atomic E-state index is -3.95. The maximum atomic E-state index is 14.9. The second kappa shape index (κ2) is 15.0. The van der Waals surface area contributed by atoms with Crippen molar-refractivity contribution in [2.75, 3.05) is 13.2 Å². The van der Waals surface area contributed by atoms with Crippen LogP contribution in [0.25, 0.3) is 0 Å². The third kappa shape index (κ3) is 8.15. The van der Waals surface area contributed by atoms with Crippen LogP contribution < -0.4 is 0 Å². The summed E-state index contributed by atoms with van der Waals surface area (Å²) in [6.07, 6.45) is 0.605. The van der Waals surface area contributed by atoms with Crippen LogP contribution in [0.3, 0.4) is 0 Å². The molecular formula is C38H70O8SSi3. The fourth-order valence-corrected chi connectivity index (χ4v) is 19.3. The molecule has 50 heavy (non-hydrogen) atoms. The second-order valence-electron chi connectivity index (χ2n) is 18.6. The minimum absolute atomic E-state index is 0.0470. The first-order valence-corrected chi connectivity index (χ1v) is 27.9. The predicted octanol–water partition coefficient (Wildman–Crippen LogP) is 9.75. The molecular weight excluding hydrogens is 701 g/mol. The summed E-state index contributed by atoms with van der Waals surface area (Å²) >= 11 is 0. The van der Waals surface area contributed by atoms with Gasteiger partial charge in [-0.25, -0.2) is 8.42 Å². The number of benzene rings is 1. The van der Waals surface area contributed by atoms with E-state index in [9.17, 15) is 8.42 Å². The average molecular weight is 771 g/mol. The molecule has 3 saturated heterocycles. The number of ether oxygens (including phenoxy) is 2. The van der Waals surface area contributed by atoms with E-state index in [0.29, 0.717) is 19.6 Å². The summed E-state index contributed by atoms with van der Waals surface area (Å²) in [4.78, 5) is -1.22. The van der Waals surface area contributed by atoms with Crippen LogP contribution in [0.5, 0.6) is 0 Å². The average Bonchev–Trinajstić information content (AvgIpc) is 3.73. The van der Waals surface area contributed by atoms with Gasteiger partial charge in [-0.1, -0.05) is 101 Å². The lowest BCUT2D eigenvalue weighted by molar-refractivity contribution is -0.0751. The lowest BCUT2D eigenvalue weighted by atomic mass is 9.98. The highest BCUT2D eigenvalue weighted by Crippen LogP contribution is 2.58. The van der Waals surface area contributed by atoms with E-state index in [1.54, 1.807) is 24.3 Å². The third-order valence-corrected chi connectivity index (χ3v) is 29.0. The molecule has 3 heterocycles. The van der Waals surface area contributed by atoms with Crippen molar-refractivity contribution in [2.45, 2.75) is 195 Å². The number of epoxide rings is 1. The van der Waals surface area contributed by atoms with Crippen molar-refractivity contribution in [1.82, 2.24) is 0 Å². The van der Waals surface area contributed by atoms with Crippen molar-refractivity contribution < 1.29 is 35.6 Å². The van der Waals surface area contributed by atoms with Gasteiger partial charge in [-0.2, -0.15) is 0 Å². The summed E-state index contributed by atoms with van der Waals surface area (Å²) in [6, 6.07) is 11.7. The van der Waals surface area contributed by atoms with Crippen molar-refractivity contribution in [1.29, 1.82) is 0 Å². The van der Waals surface area contributed by atoms with Gasteiger partial charge in [-0.15, -0.1) is 0 Å². The molecule has 0 aliphatic carbocycles. The van der Waals surface area contributed by atoms with Crippen molar-refractivity contribution in [2.24, 2.45) is 0 Å². The molecule has 3 aliphatic rings. The highest BCUT2D eigenvalue weighted by molar-refractivity contribution is 7.93. The van der Waals surface area contributed by atoms with E-state index in [1.807, 2.05) is 6.07 Å². The van der Waals surface area contributed by atoms with Gasteiger partial charge in [-0.3, -0.25) is 0 Å². The molecule has 8 nitrogen and oxygen atoms in total. The molecule has 6 atom stereocenters. The van der Waals surface area contributed by atoms with E-state index in [1.165, 1.54) is 0 Å². The van der Waals surface area contributed by atoms with E-state index < -0.39 is 52.2 Å². The molecule has 0 bridgehead atoms. The fraction of sp³-hybridized carbons (Fsp3) is 0.842. The van der Waals surface area contributed by atoms with Crippen LogP contribution in [0.15, 0.2) is 35.2 Å². The maximum Gasteiger partial charge on any atom is 0.349 e. The summed E-state index contributed by atoms with van der Waals surface area (Å²) in [5, 5.41) is -0.503. The first kappa shape index (κ1) is 42.3. The first-order chi connectivity index (χ1) is 22.9. The standard InChI is InChI=1S/C38H70O8SSi3/c1-15-49(16-2,17-3)45-33-28-42-50(36(7,8)9,37(10,11)12)46-32(33)27-38(47(39,40)29-22-19-18-20-23-29)34(43-38)26-31-30(24-21-25-41-31)44-48(13,14)35(4,5)6/h18-20,22-23,30-34H,15-17,21,24-28H2,1-14H3/t30-,31+,32-,33+,34+,38-/m0/s1. The van der Waals surface area contributed by atoms with Crippen LogP contribution in [-0.2, 0) is 37.0 Å². The molecule has 1 aromatic carbocycles. The monoisotopic (exact) mass is 770 g/mol. The van der Waals surface area contributed by atoms with Gasteiger partial charge in [0.2, 0.25) is 14.8 Å².